The van der Waals surface area contributed by atoms with Gasteiger partial charge in [-0.1, -0.05) is 18.2 Å². The number of aryl methyl sites for hydroxylation is 1. The summed E-state index contributed by atoms with van der Waals surface area (Å²) in [6.45, 7) is 0.691. The molecule has 1 heterocycles. The van der Waals surface area contributed by atoms with Crippen LogP contribution in [0.25, 0.3) is 0 Å². The van der Waals surface area contributed by atoms with Crippen molar-refractivity contribution in [3.8, 4) is 0 Å². The number of ether oxygens (including phenoxy) is 1. The van der Waals surface area contributed by atoms with E-state index in [1.54, 1.807) is 18.2 Å². The molecule has 1 aromatic heterocycles. The van der Waals surface area contributed by atoms with Crippen LogP contribution < -0.4 is 15.8 Å². The summed E-state index contributed by atoms with van der Waals surface area (Å²) in [6.07, 6.45) is 3.51. The fraction of sp³-hybridized carbons (Fsp3) is 0.350. The minimum atomic E-state index is -3.91. The summed E-state index contributed by atoms with van der Waals surface area (Å²) in [5, 5.41) is 2.93. The van der Waals surface area contributed by atoms with Crippen molar-refractivity contribution < 1.29 is 27.5 Å². The highest BCUT2D eigenvalue weighted by Crippen LogP contribution is 2.37. The molecule has 31 heavy (non-hydrogen) atoms. The van der Waals surface area contributed by atoms with Gasteiger partial charge in [0.05, 0.1) is 10.5 Å². The van der Waals surface area contributed by atoms with Crippen molar-refractivity contribution in [1.82, 2.24) is 4.72 Å². The molecule has 1 aromatic carbocycles. The third-order valence-corrected chi connectivity index (χ3v) is 7.52. The molecule has 0 radical (unpaired) electrons. The lowest BCUT2D eigenvalue weighted by atomic mass is 9.95. The topological polar surface area (TPSA) is 145 Å². The molecular formula is C20H23N3O6S2. The first kappa shape index (κ1) is 22.9. The lowest BCUT2D eigenvalue weighted by Gasteiger charge is -2.14. The van der Waals surface area contributed by atoms with Gasteiger partial charge in [-0.2, -0.15) is 4.72 Å². The van der Waals surface area contributed by atoms with Crippen LogP contribution in [0.1, 0.15) is 40.6 Å². The third kappa shape index (κ3) is 5.49. The average Bonchev–Trinajstić information content (AvgIpc) is 3.10. The number of nitrogens with two attached hydrogens (primary N) is 1. The molecule has 0 saturated carbocycles. The summed E-state index contributed by atoms with van der Waals surface area (Å²) in [7, 11) is -3.91. The molecule has 166 valence electrons. The molecule has 2 aromatic rings. The van der Waals surface area contributed by atoms with Gasteiger partial charge in [0.1, 0.15) is 11.0 Å². The van der Waals surface area contributed by atoms with Crippen LogP contribution in [0.4, 0.5) is 5.00 Å². The number of thiophene rings is 1. The first-order valence-electron chi connectivity index (χ1n) is 9.67. The number of benzene rings is 1. The van der Waals surface area contributed by atoms with Gasteiger partial charge in [0.25, 0.3) is 11.8 Å². The first-order valence-corrected chi connectivity index (χ1v) is 12.0. The molecule has 0 spiro atoms. The van der Waals surface area contributed by atoms with E-state index in [2.05, 4.69) is 10.0 Å². The maximum atomic E-state index is 12.3. The number of esters is 1. The lowest BCUT2D eigenvalue weighted by Crippen LogP contribution is -2.40. The largest absolute Gasteiger partial charge is 0.454 e. The van der Waals surface area contributed by atoms with Crippen molar-refractivity contribution in [3.05, 3.63) is 46.3 Å². The van der Waals surface area contributed by atoms with Gasteiger partial charge in [0.15, 0.2) is 6.61 Å². The molecule has 0 saturated heterocycles. The second kappa shape index (κ2) is 9.58. The predicted octanol–water partition coefficient (Wildman–Crippen LogP) is 1.57. The monoisotopic (exact) mass is 465 g/mol. The van der Waals surface area contributed by atoms with Crippen LogP contribution in [0.15, 0.2) is 35.2 Å². The summed E-state index contributed by atoms with van der Waals surface area (Å²) in [5.41, 5.74) is 6.68. The van der Waals surface area contributed by atoms with Crippen LogP contribution in [0.2, 0.25) is 0 Å². The van der Waals surface area contributed by atoms with Crippen LogP contribution in [-0.4, -0.2) is 38.9 Å². The number of rotatable bonds is 8. The zero-order valence-electron chi connectivity index (χ0n) is 16.8. The molecule has 11 heteroatoms. The SMILES string of the molecule is CC(NS(=O)(=O)c1ccccc1)C(=O)OCC(=O)Nc1sc2c(c1C(N)=O)CCCC2. The lowest BCUT2D eigenvalue weighted by molar-refractivity contribution is -0.148. The van der Waals surface area contributed by atoms with Gasteiger partial charge in [0.2, 0.25) is 10.0 Å². The molecule has 3 rings (SSSR count). The number of carbonyl (C=O) groups excluding carboxylic acids is 3. The van der Waals surface area contributed by atoms with Gasteiger partial charge >= 0.3 is 5.97 Å². The van der Waals surface area contributed by atoms with E-state index in [1.165, 1.54) is 30.4 Å². The van der Waals surface area contributed by atoms with Gasteiger partial charge in [-0.3, -0.25) is 14.4 Å². The summed E-state index contributed by atoms with van der Waals surface area (Å²) in [5.74, 6) is -2.17. The molecule has 1 aliphatic rings. The minimum absolute atomic E-state index is 0.00744. The first-order chi connectivity index (χ1) is 14.7. The van der Waals surface area contributed by atoms with E-state index < -0.39 is 40.5 Å². The number of anilines is 1. The number of hydrogen-bond acceptors (Lipinski definition) is 7. The molecule has 1 unspecified atom stereocenters. The van der Waals surface area contributed by atoms with Gasteiger partial charge in [-0.05, 0) is 50.3 Å². The fourth-order valence-corrected chi connectivity index (χ4v) is 5.81. The van der Waals surface area contributed by atoms with Crippen molar-refractivity contribution in [2.45, 2.75) is 43.5 Å². The Balaban J connectivity index is 1.58. The zero-order chi connectivity index (χ0) is 22.6. The second-order valence-electron chi connectivity index (χ2n) is 7.09. The van der Waals surface area contributed by atoms with E-state index >= 15 is 0 Å². The molecule has 0 aliphatic heterocycles. The highest BCUT2D eigenvalue weighted by atomic mass is 32.2. The van der Waals surface area contributed by atoms with Crippen molar-refractivity contribution in [2.75, 3.05) is 11.9 Å². The Labute approximate surface area is 184 Å². The van der Waals surface area contributed by atoms with Crippen LogP contribution in [-0.2, 0) is 37.2 Å². The highest BCUT2D eigenvalue weighted by molar-refractivity contribution is 7.89. The Morgan fingerprint density at radius 1 is 1.16 bits per heavy atom. The Kier molecular flexibility index (Phi) is 7.08. The summed E-state index contributed by atoms with van der Waals surface area (Å²) in [6, 6.07) is 6.38. The van der Waals surface area contributed by atoms with Gasteiger partial charge < -0.3 is 15.8 Å². The quantitative estimate of drug-likeness (QED) is 0.505. The second-order valence-corrected chi connectivity index (χ2v) is 9.91. The van der Waals surface area contributed by atoms with E-state index in [9.17, 15) is 22.8 Å². The number of carbonyl (C=O) groups is 3. The number of fused-ring (bicyclic) bond motifs is 1. The number of sulfonamides is 1. The van der Waals surface area contributed by atoms with Gasteiger partial charge in [0, 0.05) is 4.88 Å². The van der Waals surface area contributed by atoms with E-state index in [0.717, 1.165) is 36.1 Å². The van der Waals surface area contributed by atoms with Crippen molar-refractivity contribution >= 4 is 44.1 Å². The number of hydrogen-bond donors (Lipinski definition) is 3. The molecule has 0 bridgehead atoms. The van der Waals surface area contributed by atoms with Gasteiger partial charge in [-0.15, -0.1) is 11.3 Å². The molecule has 1 aliphatic carbocycles. The summed E-state index contributed by atoms with van der Waals surface area (Å²) in [4.78, 5) is 37.3. The van der Waals surface area contributed by atoms with E-state index in [1.807, 2.05) is 0 Å². The van der Waals surface area contributed by atoms with E-state index in [-0.39, 0.29) is 4.90 Å². The Morgan fingerprint density at radius 3 is 2.52 bits per heavy atom. The van der Waals surface area contributed by atoms with Crippen LogP contribution in [0.3, 0.4) is 0 Å². The summed E-state index contributed by atoms with van der Waals surface area (Å²) < 4.78 is 31.7. The molecule has 9 nitrogen and oxygen atoms in total. The summed E-state index contributed by atoms with van der Waals surface area (Å²) >= 11 is 1.30. The van der Waals surface area contributed by atoms with E-state index in [4.69, 9.17) is 10.5 Å². The standard InChI is InChI=1S/C20H23N3O6S2/c1-12(23-31(27,28)13-7-3-2-4-8-13)20(26)29-11-16(24)22-19-17(18(21)25)14-9-5-6-10-15(14)30-19/h2-4,7-8,12,23H,5-6,9-11H2,1H3,(H2,21,25)(H,22,24). The normalized spacial score (nSPS) is 14.4. The van der Waals surface area contributed by atoms with Crippen molar-refractivity contribution in [2.24, 2.45) is 5.73 Å². The van der Waals surface area contributed by atoms with Crippen LogP contribution in [0.5, 0.6) is 0 Å². The number of amides is 2. The Bertz CT molecular complexity index is 1100. The number of primary amides is 1. The Hall–Kier alpha value is -2.76. The molecule has 1 atom stereocenters. The molecule has 2 amide bonds. The van der Waals surface area contributed by atoms with Crippen molar-refractivity contribution in [1.29, 1.82) is 0 Å². The Morgan fingerprint density at radius 2 is 1.84 bits per heavy atom. The number of nitrogens with one attached hydrogen (secondary N) is 2. The zero-order valence-corrected chi connectivity index (χ0v) is 18.5. The van der Waals surface area contributed by atoms with E-state index in [0.29, 0.717) is 10.6 Å². The van der Waals surface area contributed by atoms with Crippen LogP contribution in [0, 0.1) is 0 Å². The smallest absolute Gasteiger partial charge is 0.324 e. The molecule has 0 fully saturated rings. The maximum absolute atomic E-state index is 12.3. The maximum Gasteiger partial charge on any atom is 0.324 e. The van der Waals surface area contributed by atoms with Gasteiger partial charge in [-0.25, -0.2) is 8.42 Å². The fourth-order valence-electron chi connectivity index (χ4n) is 3.29. The highest BCUT2D eigenvalue weighted by Gasteiger charge is 2.26. The molecule has 4 N–H and O–H groups in total. The van der Waals surface area contributed by atoms with Crippen molar-refractivity contribution in [3.63, 3.8) is 0 Å². The minimum Gasteiger partial charge on any atom is -0.454 e. The predicted molar refractivity (Wildman–Crippen MR) is 115 cm³/mol. The third-order valence-electron chi connectivity index (χ3n) is 4.76. The van der Waals surface area contributed by atoms with Crippen LogP contribution >= 0.6 is 11.3 Å². The molecular weight excluding hydrogens is 442 g/mol. The average molecular weight is 466 g/mol.